The molecule has 1 aliphatic rings. The number of hydrogen-bond donors (Lipinski definition) is 1. The maximum absolute atomic E-state index is 12.2. The molecule has 5 nitrogen and oxygen atoms in total. The predicted octanol–water partition coefficient (Wildman–Crippen LogP) is 1.80. The Balaban J connectivity index is 1.94. The highest BCUT2D eigenvalue weighted by atomic mass is 16.5. The molecule has 0 aliphatic carbocycles. The summed E-state index contributed by atoms with van der Waals surface area (Å²) in [5.41, 5.74) is 1.03. The second-order valence-corrected chi connectivity index (χ2v) is 5.44. The van der Waals surface area contributed by atoms with Crippen LogP contribution < -0.4 is 14.8 Å². The lowest BCUT2D eigenvalue weighted by Gasteiger charge is -2.20. The number of amides is 1. The zero-order valence-electron chi connectivity index (χ0n) is 13.0. The quantitative estimate of drug-likeness (QED) is 0.869. The van der Waals surface area contributed by atoms with Gasteiger partial charge in [-0.3, -0.25) is 4.79 Å². The van der Waals surface area contributed by atoms with E-state index in [0.29, 0.717) is 30.5 Å². The van der Waals surface area contributed by atoms with Gasteiger partial charge in [-0.15, -0.1) is 0 Å². The summed E-state index contributed by atoms with van der Waals surface area (Å²) in [7, 11) is 5.07. The molecule has 0 saturated carbocycles. The smallest absolute Gasteiger partial charge is 0.224 e. The number of nitrogens with zero attached hydrogens (tertiary/aromatic N) is 1. The maximum Gasteiger partial charge on any atom is 0.224 e. The lowest BCUT2D eigenvalue weighted by molar-refractivity contribution is -0.130. The van der Waals surface area contributed by atoms with E-state index < -0.39 is 0 Å². The Kier molecular flexibility index (Phi) is 5.44. The lowest BCUT2D eigenvalue weighted by atomic mass is 10.1. The molecule has 0 spiro atoms. The Morgan fingerprint density at radius 3 is 2.71 bits per heavy atom. The molecule has 2 rings (SSSR count). The third-order valence-electron chi connectivity index (χ3n) is 3.88. The van der Waals surface area contributed by atoms with E-state index in [0.717, 1.165) is 24.9 Å². The minimum absolute atomic E-state index is 0.171. The van der Waals surface area contributed by atoms with Gasteiger partial charge in [0.2, 0.25) is 5.91 Å². The van der Waals surface area contributed by atoms with Gasteiger partial charge in [0.05, 0.1) is 14.2 Å². The van der Waals surface area contributed by atoms with Crippen LogP contribution in [0.2, 0.25) is 0 Å². The standard InChI is InChI=1S/C16H24N2O3/c1-18(16(19)10-13-5-4-8-17-13)11-12-6-7-14(20-2)15(9-12)21-3/h6-7,9,13,17H,4-5,8,10-11H2,1-3H3. The van der Waals surface area contributed by atoms with Gasteiger partial charge in [-0.25, -0.2) is 0 Å². The number of hydrogen-bond acceptors (Lipinski definition) is 4. The van der Waals surface area contributed by atoms with Crippen LogP contribution in [0.4, 0.5) is 0 Å². The van der Waals surface area contributed by atoms with Crippen LogP contribution in [-0.2, 0) is 11.3 Å². The molecule has 1 saturated heterocycles. The molecule has 116 valence electrons. The van der Waals surface area contributed by atoms with E-state index in [9.17, 15) is 4.79 Å². The normalized spacial score (nSPS) is 17.6. The van der Waals surface area contributed by atoms with Crippen LogP contribution in [-0.4, -0.2) is 44.7 Å². The van der Waals surface area contributed by atoms with Crippen LogP contribution in [0.5, 0.6) is 11.5 Å². The van der Waals surface area contributed by atoms with Crippen LogP contribution in [0.15, 0.2) is 18.2 Å². The largest absolute Gasteiger partial charge is 0.493 e. The number of ether oxygens (including phenoxy) is 2. The molecule has 0 bridgehead atoms. The molecule has 1 aromatic rings. The Morgan fingerprint density at radius 1 is 1.33 bits per heavy atom. The van der Waals surface area contributed by atoms with Gasteiger partial charge in [0, 0.05) is 26.1 Å². The van der Waals surface area contributed by atoms with Gasteiger partial charge in [-0.1, -0.05) is 6.07 Å². The number of carbonyl (C=O) groups excluding carboxylic acids is 1. The molecule has 21 heavy (non-hydrogen) atoms. The molecule has 1 amide bonds. The van der Waals surface area contributed by atoms with E-state index >= 15 is 0 Å². The molecular weight excluding hydrogens is 268 g/mol. The first-order valence-electron chi connectivity index (χ1n) is 7.32. The van der Waals surface area contributed by atoms with E-state index in [4.69, 9.17) is 9.47 Å². The van der Waals surface area contributed by atoms with Gasteiger partial charge >= 0.3 is 0 Å². The summed E-state index contributed by atoms with van der Waals surface area (Å²) < 4.78 is 10.5. The maximum atomic E-state index is 12.2. The summed E-state index contributed by atoms with van der Waals surface area (Å²) in [4.78, 5) is 14.0. The van der Waals surface area contributed by atoms with E-state index in [1.807, 2.05) is 25.2 Å². The second kappa shape index (κ2) is 7.31. The van der Waals surface area contributed by atoms with Crippen LogP contribution in [0, 0.1) is 0 Å². The number of methoxy groups -OCH3 is 2. The van der Waals surface area contributed by atoms with E-state index in [1.165, 1.54) is 0 Å². The molecule has 5 heteroatoms. The van der Waals surface area contributed by atoms with Crippen LogP contribution >= 0.6 is 0 Å². The Labute approximate surface area is 126 Å². The fourth-order valence-corrected chi connectivity index (χ4v) is 2.64. The minimum Gasteiger partial charge on any atom is -0.493 e. The summed E-state index contributed by atoms with van der Waals surface area (Å²) in [6, 6.07) is 6.07. The van der Waals surface area contributed by atoms with E-state index in [-0.39, 0.29) is 5.91 Å². The van der Waals surface area contributed by atoms with Gasteiger partial charge in [0.25, 0.3) is 0 Å². The molecule has 0 radical (unpaired) electrons. The van der Waals surface area contributed by atoms with Crippen molar-refractivity contribution in [3.63, 3.8) is 0 Å². The number of nitrogens with one attached hydrogen (secondary N) is 1. The van der Waals surface area contributed by atoms with Gasteiger partial charge in [0.15, 0.2) is 11.5 Å². The monoisotopic (exact) mass is 292 g/mol. The predicted molar refractivity (Wildman–Crippen MR) is 81.7 cm³/mol. The van der Waals surface area contributed by atoms with Gasteiger partial charge < -0.3 is 19.7 Å². The Bertz CT molecular complexity index is 484. The highest BCUT2D eigenvalue weighted by Crippen LogP contribution is 2.28. The molecule has 1 atom stereocenters. The molecule has 1 unspecified atom stereocenters. The minimum atomic E-state index is 0.171. The van der Waals surface area contributed by atoms with Crippen LogP contribution in [0.25, 0.3) is 0 Å². The summed E-state index contributed by atoms with van der Waals surface area (Å²) >= 11 is 0. The van der Waals surface area contributed by atoms with Crippen molar-refractivity contribution in [1.82, 2.24) is 10.2 Å². The Morgan fingerprint density at radius 2 is 2.10 bits per heavy atom. The molecule has 1 heterocycles. The topological polar surface area (TPSA) is 50.8 Å². The summed E-state index contributed by atoms with van der Waals surface area (Å²) in [6.07, 6.45) is 2.83. The third-order valence-corrected chi connectivity index (χ3v) is 3.88. The van der Waals surface area contributed by atoms with Crippen molar-refractivity contribution in [3.8, 4) is 11.5 Å². The van der Waals surface area contributed by atoms with Gasteiger partial charge in [0.1, 0.15) is 0 Å². The van der Waals surface area contributed by atoms with Crippen molar-refractivity contribution in [1.29, 1.82) is 0 Å². The molecular formula is C16H24N2O3. The summed E-state index contributed by atoms with van der Waals surface area (Å²) in [6.45, 7) is 1.60. The van der Waals surface area contributed by atoms with Crippen molar-refractivity contribution in [2.45, 2.75) is 31.8 Å². The molecule has 1 fully saturated rings. The van der Waals surface area contributed by atoms with Crippen molar-refractivity contribution in [2.24, 2.45) is 0 Å². The molecule has 1 aliphatic heterocycles. The third kappa shape index (κ3) is 4.11. The van der Waals surface area contributed by atoms with Crippen molar-refractivity contribution < 1.29 is 14.3 Å². The number of carbonyl (C=O) groups is 1. The first-order chi connectivity index (χ1) is 10.1. The SMILES string of the molecule is COc1ccc(CN(C)C(=O)CC2CCCN2)cc1OC. The van der Waals surface area contributed by atoms with Crippen LogP contribution in [0.1, 0.15) is 24.8 Å². The Hall–Kier alpha value is -1.75. The number of rotatable bonds is 6. The van der Waals surface area contributed by atoms with E-state index in [1.54, 1.807) is 19.1 Å². The second-order valence-electron chi connectivity index (χ2n) is 5.44. The average Bonchev–Trinajstić information content (AvgIpc) is 2.99. The first-order valence-corrected chi connectivity index (χ1v) is 7.32. The first kappa shape index (κ1) is 15.6. The lowest BCUT2D eigenvalue weighted by Crippen LogP contribution is -2.33. The molecule has 1 aromatic carbocycles. The molecule has 0 aromatic heterocycles. The van der Waals surface area contributed by atoms with Crippen molar-refractivity contribution in [3.05, 3.63) is 23.8 Å². The zero-order valence-corrected chi connectivity index (χ0v) is 13.0. The number of benzene rings is 1. The fraction of sp³-hybridized carbons (Fsp3) is 0.562. The van der Waals surface area contributed by atoms with Crippen LogP contribution in [0.3, 0.4) is 0 Å². The molecule has 1 N–H and O–H groups in total. The van der Waals surface area contributed by atoms with Gasteiger partial charge in [-0.05, 0) is 37.1 Å². The summed E-state index contributed by atoms with van der Waals surface area (Å²) in [5.74, 6) is 1.56. The zero-order chi connectivity index (χ0) is 15.2. The highest BCUT2D eigenvalue weighted by Gasteiger charge is 2.20. The fourth-order valence-electron chi connectivity index (χ4n) is 2.64. The highest BCUT2D eigenvalue weighted by molar-refractivity contribution is 5.76. The van der Waals surface area contributed by atoms with Crippen molar-refractivity contribution in [2.75, 3.05) is 27.8 Å². The average molecular weight is 292 g/mol. The van der Waals surface area contributed by atoms with E-state index in [2.05, 4.69) is 5.32 Å². The van der Waals surface area contributed by atoms with Gasteiger partial charge in [-0.2, -0.15) is 0 Å². The summed E-state index contributed by atoms with van der Waals surface area (Å²) in [5, 5.41) is 3.36. The van der Waals surface area contributed by atoms with Crippen molar-refractivity contribution >= 4 is 5.91 Å².